The van der Waals surface area contributed by atoms with Crippen molar-refractivity contribution in [1.82, 2.24) is 4.90 Å². The highest BCUT2D eigenvalue weighted by Gasteiger charge is 2.06. The summed E-state index contributed by atoms with van der Waals surface area (Å²) in [6.45, 7) is 4.31. The Bertz CT molecular complexity index is 85.1. The summed E-state index contributed by atoms with van der Waals surface area (Å²) in [7, 11) is 1.56. The van der Waals surface area contributed by atoms with Crippen molar-refractivity contribution in [2.45, 2.75) is 20.1 Å². The van der Waals surface area contributed by atoms with E-state index in [1.165, 1.54) is 4.90 Å². The van der Waals surface area contributed by atoms with Crippen LogP contribution >= 0.6 is 0 Å². The van der Waals surface area contributed by atoms with Crippen LogP contribution in [-0.2, 0) is 9.53 Å². The molecule has 0 aromatic rings. The number of nitrogens with zero attached hydrogens (tertiary/aromatic N) is 1. The fourth-order valence-electron chi connectivity index (χ4n) is 0.523. The quantitative estimate of drug-likeness (QED) is 0.406. The van der Waals surface area contributed by atoms with Gasteiger partial charge in [0, 0.05) is 13.7 Å². The molecule has 1 radical (unpaired) electrons. The molecule has 0 saturated heterocycles. The summed E-state index contributed by atoms with van der Waals surface area (Å²) in [6, 6.07) is 0. The molecular formula is C6H12NO2. The fourth-order valence-corrected chi connectivity index (χ4v) is 0.523. The second kappa shape index (κ2) is 4.32. The van der Waals surface area contributed by atoms with E-state index in [-0.39, 0.29) is 6.23 Å². The van der Waals surface area contributed by atoms with Gasteiger partial charge in [-0.1, -0.05) is 0 Å². The van der Waals surface area contributed by atoms with Crippen molar-refractivity contribution in [3.63, 3.8) is 0 Å². The van der Waals surface area contributed by atoms with Crippen LogP contribution in [-0.4, -0.2) is 31.2 Å². The first-order chi connectivity index (χ1) is 4.26. The number of hydrogen-bond donors (Lipinski definition) is 0. The van der Waals surface area contributed by atoms with E-state index in [4.69, 9.17) is 4.74 Å². The molecule has 0 aliphatic carbocycles. The molecule has 9 heavy (non-hydrogen) atoms. The molecule has 0 heterocycles. The molecule has 0 aliphatic rings. The summed E-state index contributed by atoms with van der Waals surface area (Å²) >= 11 is 0. The van der Waals surface area contributed by atoms with Gasteiger partial charge in [0.1, 0.15) is 6.23 Å². The predicted octanol–water partition coefficient (Wildman–Crippen LogP) is 0.368. The topological polar surface area (TPSA) is 29.5 Å². The van der Waals surface area contributed by atoms with Crippen LogP contribution in [0.4, 0.5) is 0 Å². The van der Waals surface area contributed by atoms with Crippen LogP contribution in [0.2, 0.25) is 0 Å². The minimum Gasteiger partial charge on any atom is -0.362 e. The van der Waals surface area contributed by atoms with Crippen molar-refractivity contribution < 1.29 is 9.53 Å². The number of amides is 1. The molecule has 0 saturated carbocycles. The molecule has 0 aliphatic heterocycles. The van der Waals surface area contributed by atoms with Crippen LogP contribution in [0.25, 0.3) is 0 Å². The summed E-state index contributed by atoms with van der Waals surface area (Å²) in [4.78, 5) is 11.5. The van der Waals surface area contributed by atoms with Crippen molar-refractivity contribution in [1.29, 1.82) is 0 Å². The molecule has 0 bridgehead atoms. The van der Waals surface area contributed by atoms with E-state index in [2.05, 4.69) is 0 Å². The lowest BCUT2D eigenvalue weighted by atomic mass is 10.5. The molecule has 0 aromatic heterocycles. The van der Waals surface area contributed by atoms with Gasteiger partial charge in [0.05, 0.1) is 0 Å². The molecule has 53 valence electrons. The van der Waals surface area contributed by atoms with E-state index in [1.54, 1.807) is 20.4 Å². The summed E-state index contributed by atoms with van der Waals surface area (Å²) in [5, 5.41) is 0. The summed E-state index contributed by atoms with van der Waals surface area (Å²) in [6.07, 6.45) is 1.60. The van der Waals surface area contributed by atoms with Crippen LogP contribution in [0, 0.1) is 0 Å². The molecule has 3 nitrogen and oxygen atoms in total. The van der Waals surface area contributed by atoms with Crippen LogP contribution in [0.15, 0.2) is 0 Å². The largest absolute Gasteiger partial charge is 0.362 e. The monoisotopic (exact) mass is 130 g/mol. The minimum absolute atomic E-state index is 0.160. The Morgan fingerprint density at radius 2 is 2.33 bits per heavy atom. The van der Waals surface area contributed by atoms with E-state index in [9.17, 15) is 4.79 Å². The van der Waals surface area contributed by atoms with Gasteiger partial charge in [0.2, 0.25) is 0 Å². The van der Waals surface area contributed by atoms with E-state index >= 15 is 0 Å². The van der Waals surface area contributed by atoms with Gasteiger partial charge in [-0.05, 0) is 13.8 Å². The third-order valence-electron chi connectivity index (χ3n) is 1.24. The van der Waals surface area contributed by atoms with Crippen molar-refractivity contribution >= 4 is 6.41 Å². The van der Waals surface area contributed by atoms with E-state index in [0.717, 1.165) is 0 Å². The summed E-state index contributed by atoms with van der Waals surface area (Å²) in [5.41, 5.74) is 0. The Kier molecular flexibility index (Phi) is 4.05. The molecule has 0 rings (SSSR count). The van der Waals surface area contributed by atoms with Gasteiger partial charge in [-0.25, -0.2) is 0 Å². The van der Waals surface area contributed by atoms with E-state index in [0.29, 0.717) is 6.54 Å². The first-order valence-electron chi connectivity index (χ1n) is 2.93. The maximum atomic E-state index is 10.1. The van der Waals surface area contributed by atoms with Gasteiger partial charge < -0.3 is 9.64 Å². The van der Waals surface area contributed by atoms with E-state index in [1.807, 2.05) is 6.92 Å². The minimum atomic E-state index is -0.160. The second-order valence-electron chi connectivity index (χ2n) is 1.71. The van der Waals surface area contributed by atoms with Gasteiger partial charge in [0.15, 0.2) is 0 Å². The van der Waals surface area contributed by atoms with Crippen molar-refractivity contribution in [3.8, 4) is 0 Å². The Hall–Kier alpha value is -0.570. The fraction of sp³-hybridized carbons (Fsp3) is 0.833. The van der Waals surface area contributed by atoms with Gasteiger partial charge in [-0.15, -0.1) is 0 Å². The maximum absolute atomic E-state index is 10.1. The molecule has 0 spiro atoms. The molecular weight excluding hydrogens is 118 g/mol. The van der Waals surface area contributed by atoms with Crippen LogP contribution in [0.1, 0.15) is 13.8 Å². The first kappa shape index (κ1) is 8.43. The standard InChI is InChI=1S/C6H12NO2/c1-4-7(5-8)6(2)9-3/h6H,4H2,1-3H3. The zero-order valence-corrected chi connectivity index (χ0v) is 6.05. The first-order valence-corrected chi connectivity index (χ1v) is 2.93. The molecule has 3 heteroatoms. The third-order valence-corrected chi connectivity index (χ3v) is 1.24. The van der Waals surface area contributed by atoms with Crippen LogP contribution < -0.4 is 0 Å². The lowest BCUT2D eigenvalue weighted by molar-refractivity contribution is 0.0235. The highest BCUT2D eigenvalue weighted by Crippen LogP contribution is 1.93. The molecule has 0 N–H and O–H groups in total. The number of ether oxygens (including phenoxy) is 1. The van der Waals surface area contributed by atoms with Crippen LogP contribution in [0.3, 0.4) is 0 Å². The molecule has 0 fully saturated rings. The highest BCUT2D eigenvalue weighted by molar-refractivity contribution is 5.48. The lowest BCUT2D eigenvalue weighted by Gasteiger charge is -2.20. The third kappa shape index (κ3) is 2.46. The molecule has 1 atom stereocenters. The average molecular weight is 130 g/mol. The summed E-state index contributed by atoms with van der Waals surface area (Å²) in [5.74, 6) is 0. The van der Waals surface area contributed by atoms with Crippen molar-refractivity contribution in [3.05, 3.63) is 0 Å². The zero-order valence-electron chi connectivity index (χ0n) is 6.05. The molecule has 1 unspecified atom stereocenters. The van der Waals surface area contributed by atoms with Gasteiger partial charge in [0.25, 0.3) is 0 Å². The van der Waals surface area contributed by atoms with Crippen molar-refractivity contribution in [2.75, 3.05) is 13.7 Å². The number of hydrogen-bond acceptors (Lipinski definition) is 2. The highest BCUT2D eigenvalue weighted by atomic mass is 16.5. The van der Waals surface area contributed by atoms with Gasteiger partial charge >= 0.3 is 6.41 Å². The SMILES string of the molecule is CCN([C]=O)C(C)OC. The smallest absolute Gasteiger partial charge is 0.314 e. The van der Waals surface area contributed by atoms with Gasteiger partial charge in [-0.3, -0.25) is 4.79 Å². The molecule has 1 amide bonds. The number of methoxy groups -OCH3 is 1. The number of carbonyl (C=O) groups excluding carboxylic acids is 1. The zero-order chi connectivity index (χ0) is 7.28. The summed E-state index contributed by atoms with van der Waals surface area (Å²) < 4.78 is 4.86. The maximum Gasteiger partial charge on any atom is 0.314 e. The number of rotatable bonds is 4. The lowest BCUT2D eigenvalue weighted by Crippen LogP contribution is -2.32. The Morgan fingerprint density at radius 1 is 1.78 bits per heavy atom. The predicted molar refractivity (Wildman–Crippen MR) is 34.5 cm³/mol. The molecule has 0 aromatic carbocycles. The second-order valence-corrected chi connectivity index (χ2v) is 1.71. The normalized spacial score (nSPS) is 12.8. The Morgan fingerprint density at radius 3 is 2.44 bits per heavy atom. The Labute approximate surface area is 55.6 Å². The van der Waals surface area contributed by atoms with Crippen LogP contribution in [0.5, 0.6) is 0 Å². The Balaban J connectivity index is 3.63. The van der Waals surface area contributed by atoms with Crippen molar-refractivity contribution in [2.24, 2.45) is 0 Å². The van der Waals surface area contributed by atoms with E-state index < -0.39 is 0 Å². The average Bonchev–Trinajstić information content (AvgIpc) is 1.90. The van der Waals surface area contributed by atoms with Gasteiger partial charge in [-0.2, -0.15) is 0 Å².